The van der Waals surface area contributed by atoms with Crippen molar-refractivity contribution in [3.8, 4) is 0 Å². The minimum absolute atomic E-state index is 0.151. The summed E-state index contributed by atoms with van der Waals surface area (Å²) in [6.07, 6.45) is 2.40. The summed E-state index contributed by atoms with van der Waals surface area (Å²) in [7, 11) is 0. The van der Waals surface area contributed by atoms with Gasteiger partial charge in [0.05, 0.1) is 5.69 Å². The highest BCUT2D eigenvalue weighted by atomic mass is 32.1. The monoisotopic (exact) mass is 291 g/mol. The van der Waals surface area contributed by atoms with Crippen LogP contribution in [0.2, 0.25) is 0 Å². The summed E-state index contributed by atoms with van der Waals surface area (Å²) >= 11 is 1.44. The molecule has 0 aromatic carbocycles. The molecule has 2 aromatic rings. The lowest BCUT2D eigenvalue weighted by Crippen LogP contribution is -2.16. The average molecular weight is 291 g/mol. The van der Waals surface area contributed by atoms with Gasteiger partial charge in [-0.3, -0.25) is 15.2 Å². The summed E-state index contributed by atoms with van der Waals surface area (Å²) in [5.74, 6) is 1.11. The molecule has 0 unspecified atom stereocenters. The molecule has 0 atom stereocenters. The molecule has 0 bridgehead atoms. The van der Waals surface area contributed by atoms with E-state index in [9.17, 15) is 4.79 Å². The Bertz CT molecular complexity index is 635. The lowest BCUT2D eigenvalue weighted by Gasteiger charge is -2.12. The lowest BCUT2D eigenvalue weighted by atomic mass is 9.96. The topological polar surface area (TPSA) is 83.6 Å². The zero-order chi connectivity index (χ0) is 14.3. The lowest BCUT2D eigenvalue weighted by molar-refractivity contribution is 0.101. The van der Waals surface area contributed by atoms with Gasteiger partial charge >= 0.3 is 0 Å². The summed E-state index contributed by atoms with van der Waals surface area (Å²) < 4.78 is 0. The van der Waals surface area contributed by atoms with Crippen molar-refractivity contribution in [2.75, 3.05) is 5.32 Å². The van der Waals surface area contributed by atoms with Gasteiger partial charge in [0, 0.05) is 16.7 Å². The van der Waals surface area contributed by atoms with Gasteiger partial charge in [0.1, 0.15) is 5.82 Å². The van der Waals surface area contributed by atoms with Crippen molar-refractivity contribution in [2.45, 2.75) is 44.9 Å². The third kappa shape index (κ3) is 2.72. The van der Waals surface area contributed by atoms with Crippen molar-refractivity contribution in [1.29, 1.82) is 0 Å². The maximum absolute atomic E-state index is 12.1. The Morgan fingerprint density at radius 2 is 2.15 bits per heavy atom. The van der Waals surface area contributed by atoms with Crippen LogP contribution in [0, 0.1) is 0 Å². The van der Waals surface area contributed by atoms with Gasteiger partial charge in [0.25, 0.3) is 5.91 Å². The molecule has 0 radical (unpaired) electrons. The van der Waals surface area contributed by atoms with Gasteiger partial charge in [0.15, 0.2) is 5.13 Å². The fraction of sp³-hybridized carbons (Fsp3) is 0.538. The highest BCUT2D eigenvalue weighted by Crippen LogP contribution is 2.40. The number of H-pyrrole nitrogens is 1. The van der Waals surface area contributed by atoms with E-state index in [4.69, 9.17) is 0 Å². The zero-order valence-corrected chi connectivity index (χ0v) is 12.5. The van der Waals surface area contributed by atoms with Crippen LogP contribution >= 0.6 is 11.3 Å². The van der Waals surface area contributed by atoms with E-state index in [0.29, 0.717) is 16.9 Å². The summed E-state index contributed by atoms with van der Waals surface area (Å²) in [5.41, 5.74) is 0.918. The van der Waals surface area contributed by atoms with Crippen LogP contribution in [0.5, 0.6) is 0 Å². The molecule has 2 N–H and O–H groups in total. The van der Waals surface area contributed by atoms with Crippen LogP contribution < -0.4 is 5.32 Å². The van der Waals surface area contributed by atoms with Crippen molar-refractivity contribution in [1.82, 2.24) is 20.2 Å². The molecule has 3 rings (SSSR count). The molecule has 0 aliphatic heterocycles. The Hall–Kier alpha value is -1.76. The van der Waals surface area contributed by atoms with Crippen LogP contribution in [0.15, 0.2) is 5.38 Å². The van der Waals surface area contributed by atoms with E-state index in [-0.39, 0.29) is 17.1 Å². The minimum Gasteiger partial charge on any atom is -0.295 e. The van der Waals surface area contributed by atoms with E-state index in [1.165, 1.54) is 24.2 Å². The smallest absolute Gasteiger partial charge is 0.295 e. The first-order valence-corrected chi connectivity index (χ1v) is 7.51. The molecule has 2 aromatic heterocycles. The number of aromatic nitrogens is 4. The summed E-state index contributed by atoms with van der Waals surface area (Å²) in [6, 6.07) is 0. The predicted molar refractivity (Wildman–Crippen MR) is 77.1 cm³/mol. The third-order valence-electron chi connectivity index (χ3n) is 3.14. The predicted octanol–water partition coefficient (Wildman–Crippen LogP) is 2.69. The molecular formula is C13H17N5OS. The molecule has 1 saturated carbocycles. The number of nitrogens with one attached hydrogen (secondary N) is 2. The molecule has 20 heavy (non-hydrogen) atoms. The van der Waals surface area contributed by atoms with Gasteiger partial charge < -0.3 is 0 Å². The van der Waals surface area contributed by atoms with Crippen molar-refractivity contribution in [3.63, 3.8) is 0 Å². The maximum atomic E-state index is 12.1. The second kappa shape index (κ2) is 4.66. The number of thiazole rings is 1. The number of aromatic amines is 1. The fourth-order valence-corrected chi connectivity index (χ4v) is 2.55. The van der Waals surface area contributed by atoms with Gasteiger partial charge in [-0.1, -0.05) is 20.8 Å². The van der Waals surface area contributed by atoms with Crippen molar-refractivity contribution in [3.05, 3.63) is 22.7 Å². The molecule has 1 amide bonds. The molecule has 7 heteroatoms. The number of hydrogen-bond acceptors (Lipinski definition) is 5. The van der Waals surface area contributed by atoms with E-state index < -0.39 is 0 Å². The first kappa shape index (κ1) is 13.2. The number of carbonyl (C=O) groups excluding carboxylic acids is 1. The number of rotatable bonds is 3. The Balaban J connectivity index is 1.70. The van der Waals surface area contributed by atoms with Crippen molar-refractivity contribution in [2.24, 2.45) is 0 Å². The van der Waals surface area contributed by atoms with E-state index >= 15 is 0 Å². The Morgan fingerprint density at radius 1 is 1.40 bits per heavy atom. The van der Waals surface area contributed by atoms with Gasteiger partial charge in [0.2, 0.25) is 5.82 Å². The quantitative estimate of drug-likeness (QED) is 0.910. The SMILES string of the molecule is CC(C)(C)c1nc(C(=O)Nc2nc(C3CC3)cs2)n[nH]1. The van der Waals surface area contributed by atoms with E-state index in [1.54, 1.807) is 0 Å². The van der Waals surface area contributed by atoms with Gasteiger partial charge in [-0.2, -0.15) is 0 Å². The van der Waals surface area contributed by atoms with Gasteiger partial charge in [-0.25, -0.2) is 9.97 Å². The molecule has 2 heterocycles. The van der Waals surface area contributed by atoms with Crippen LogP contribution in [0.1, 0.15) is 61.7 Å². The Morgan fingerprint density at radius 3 is 2.75 bits per heavy atom. The average Bonchev–Trinajstić information content (AvgIpc) is 2.91. The Kier molecular flexibility index (Phi) is 3.08. The van der Waals surface area contributed by atoms with E-state index in [2.05, 4.69) is 25.5 Å². The van der Waals surface area contributed by atoms with Crippen LogP contribution in [0.3, 0.4) is 0 Å². The Labute approximate surface area is 121 Å². The van der Waals surface area contributed by atoms with E-state index in [0.717, 1.165) is 5.69 Å². The molecule has 0 saturated heterocycles. The molecule has 1 aliphatic rings. The zero-order valence-electron chi connectivity index (χ0n) is 11.7. The highest BCUT2D eigenvalue weighted by molar-refractivity contribution is 7.14. The largest absolute Gasteiger partial charge is 0.297 e. The molecule has 1 aliphatic carbocycles. The standard InChI is InChI=1S/C13H17N5OS/c1-13(2,3)11-15-9(17-18-11)10(19)16-12-14-8(6-20-12)7-4-5-7/h6-7H,4-5H2,1-3H3,(H,14,16,19)(H,15,17,18). The second-order valence-corrected chi connectivity index (χ2v) is 6.92. The maximum Gasteiger partial charge on any atom is 0.297 e. The summed E-state index contributed by atoms with van der Waals surface area (Å²) in [6.45, 7) is 6.04. The molecule has 106 valence electrons. The first-order chi connectivity index (χ1) is 9.43. The number of anilines is 1. The number of nitrogens with zero attached hydrogens (tertiary/aromatic N) is 3. The van der Waals surface area contributed by atoms with Crippen LogP contribution in [0.25, 0.3) is 0 Å². The van der Waals surface area contributed by atoms with Gasteiger partial charge in [-0.15, -0.1) is 16.4 Å². The van der Waals surface area contributed by atoms with Crippen LogP contribution in [0.4, 0.5) is 5.13 Å². The number of amides is 1. The van der Waals surface area contributed by atoms with Crippen molar-refractivity contribution >= 4 is 22.4 Å². The summed E-state index contributed by atoms with van der Waals surface area (Å²) in [4.78, 5) is 20.7. The molecule has 0 spiro atoms. The molecule has 6 nitrogen and oxygen atoms in total. The normalized spacial score (nSPS) is 15.3. The number of hydrogen-bond donors (Lipinski definition) is 2. The van der Waals surface area contributed by atoms with Crippen molar-refractivity contribution < 1.29 is 4.79 Å². The molecule has 1 fully saturated rings. The summed E-state index contributed by atoms with van der Waals surface area (Å²) in [5, 5.41) is 12.1. The minimum atomic E-state index is -0.326. The number of carbonyl (C=O) groups is 1. The molecular weight excluding hydrogens is 274 g/mol. The fourth-order valence-electron chi connectivity index (χ4n) is 1.76. The van der Waals surface area contributed by atoms with Crippen LogP contribution in [-0.2, 0) is 5.41 Å². The third-order valence-corrected chi connectivity index (χ3v) is 3.91. The highest BCUT2D eigenvalue weighted by Gasteiger charge is 2.27. The van der Waals surface area contributed by atoms with Gasteiger partial charge in [-0.05, 0) is 12.8 Å². The van der Waals surface area contributed by atoms with E-state index in [1.807, 2.05) is 26.2 Å². The second-order valence-electron chi connectivity index (χ2n) is 6.06. The first-order valence-electron chi connectivity index (χ1n) is 6.63. The van der Waals surface area contributed by atoms with Crippen LogP contribution in [-0.4, -0.2) is 26.1 Å².